The number of anilines is 1. The highest BCUT2D eigenvalue weighted by molar-refractivity contribution is 7.92. The second-order valence-electron chi connectivity index (χ2n) is 6.96. The molecule has 0 aromatic heterocycles. The second-order valence-corrected chi connectivity index (χ2v) is 8.80. The minimum Gasteiger partial charge on any atom is -0.456 e. The molecule has 25 heavy (non-hydrogen) atoms. The maximum absolute atomic E-state index is 12.3. The molecule has 1 aromatic rings. The third-order valence-electron chi connectivity index (χ3n) is 3.55. The fourth-order valence-corrected chi connectivity index (χ4v) is 3.44. The van der Waals surface area contributed by atoms with Gasteiger partial charge in [0.1, 0.15) is 5.60 Å². The van der Waals surface area contributed by atoms with Crippen LogP contribution in [0.1, 0.15) is 31.1 Å². The maximum Gasteiger partial charge on any atom is 0.338 e. The van der Waals surface area contributed by atoms with Gasteiger partial charge >= 0.3 is 5.97 Å². The lowest BCUT2D eigenvalue weighted by Crippen LogP contribution is -2.39. The quantitative estimate of drug-likeness (QED) is 0.768. The number of carbonyl (C=O) groups is 1. The van der Waals surface area contributed by atoms with Gasteiger partial charge < -0.3 is 9.47 Å². The number of hydrogen-bond acceptors (Lipinski definition) is 6. The van der Waals surface area contributed by atoms with Gasteiger partial charge in [0.15, 0.2) is 0 Å². The Hall–Kier alpha value is -1.64. The van der Waals surface area contributed by atoms with Crippen LogP contribution in [0, 0.1) is 0 Å². The molecule has 0 aliphatic carbocycles. The molecule has 0 bridgehead atoms. The number of ether oxygens (including phenoxy) is 2. The first-order valence-corrected chi connectivity index (χ1v) is 9.94. The van der Waals surface area contributed by atoms with E-state index >= 15 is 0 Å². The summed E-state index contributed by atoms with van der Waals surface area (Å²) in [6, 6.07) is 6.32. The number of carbonyl (C=O) groups excluding carboxylic acids is 1. The summed E-state index contributed by atoms with van der Waals surface area (Å²) in [5, 5.41) is 0. The van der Waals surface area contributed by atoms with Crippen LogP contribution in [0.2, 0.25) is 0 Å². The van der Waals surface area contributed by atoms with E-state index in [2.05, 4.69) is 9.62 Å². The van der Waals surface area contributed by atoms with Crippen molar-refractivity contribution in [3.05, 3.63) is 29.8 Å². The lowest BCUT2D eigenvalue weighted by Gasteiger charge is -2.26. The number of esters is 1. The number of nitrogens with one attached hydrogen (secondary N) is 1. The molecule has 1 aliphatic rings. The molecule has 0 spiro atoms. The van der Waals surface area contributed by atoms with Crippen LogP contribution in [-0.4, -0.2) is 63.5 Å². The fraction of sp³-hybridized carbons (Fsp3) is 0.588. The van der Waals surface area contributed by atoms with E-state index in [9.17, 15) is 13.2 Å². The fourth-order valence-electron chi connectivity index (χ4n) is 2.35. The van der Waals surface area contributed by atoms with Crippen molar-refractivity contribution in [1.82, 2.24) is 4.90 Å². The molecule has 0 amide bonds. The van der Waals surface area contributed by atoms with Crippen LogP contribution in [0.15, 0.2) is 24.3 Å². The van der Waals surface area contributed by atoms with Crippen molar-refractivity contribution in [1.29, 1.82) is 0 Å². The molecule has 140 valence electrons. The topological polar surface area (TPSA) is 84.9 Å². The standard InChI is InChI=1S/C17H26N2O5S/c1-17(2,3)24-16(20)14-5-4-6-15(13-14)18-25(21,22)12-9-19-7-10-23-11-8-19/h4-6,13,18H,7-12H2,1-3H3. The summed E-state index contributed by atoms with van der Waals surface area (Å²) in [6.07, 6.45) is 0. The van der Waals surface area contributed by atoms with Gasteiger partial charge in [-0.3, -0.25) is 9.62 Å². The van der Waals surface area contributed by atoms with Crippen molar-refractivity contribution in [3.8, 4) is 0 Å². The minimum absolute atomic E-state index is 0.0103. The van der Waals surface area contributed by atoms with Crippen molar-refractivity contribution < 1.29 is 22.7 Å². The normalized spacial score (nSPS) is 16.4. The Kier molecular flexibility index (Phi) is 6.42. The Morgan fingerprint density at radius 2 is 1.96 bits per heavy atom. The zero-order valence-electron chi connectivity index (χ0n) is 14.9. The van der Waals surface area contributed by atoms with Crippen LogP contribution < -0.4 is 4.72 Å². The van der Waals surface area contributed by atoms with Crippen molar-refractivity contribution in [3.63, 3.8) is 0 Å². The van der Waals surface area contributed by atoms with Crippen molar-refractivity contribution >= 4 is 21.7 Å². The van der Waals surface area contributed by atoms with Gasteiger partial charge in [-0.1, -0.05) is 6.07 Å². The Morgan fingerprint density at radius 3 is 2.60 bits per heavy atom. The van der Waals surface area contributed by atoms with E-state index in [1.54, 1.807) is 39.0 Å². The first kappa shape index (κ1) is 19.7. The third kappa shape index (κ3) is 7.01. The summed E-state index contributed by atoms with van der Waals surface area (Å²) < 4.78 is 37.6. The highest BCUT2D eigenvalue weighted by atomic mass is 32.2. The van der Waals surface area contributed by atoms with Crippen LogP contribution >= 0.6 is 0 Å². The minimum atomic E-state index is -3.50. The van der Waals surface area contributed by atoms with Gasteiger partial charge in [0.05, 0.1) is 24.5 Å². The van der Waals surface area contributed by atoms with Crippen LogP contribution in [0.25, 0.3) is 0 Å². The van der Waals surface area contributed by atoms with Gasteiger partial charge in [0.25, 0.3) is 0 Å². The van der Waals surface area contributed by atoms with Gasteiger partial charge in [0.2, 0.25) is 10.0 Å². The van der Waals surface area contributed by atoms with E-state index in [1.807, 2.05) is 0 Å². The first-order chi connectivity index (χ1) is 11.6. The Morgan fingerprint density at radius 1 is 1.28 bits per heavy atom. The molecular formula is C17H26N2O5S. The summed E-state index contributed by atoms with van der Waals surface area (Å²) in [4.78, 5) is 14.1. The Bertz CT molecular complexity index is 691. The molecule has 1 N–H and O–H groups in total. The number of morpholine rings is 1. The predicted molar refractivity (Wildman–Crippen MR) is 96.3 cm³/mol. The third-order valence-corrected chi connectivity index (χ3v) is 4.82. The molecule has 1 heterocycles. The summed E-state index contributed by atoms with van der Waals surface area (Å²) in [7, 11) is -3.50. The molecule has 0 atom stereocenters. The van der Waals surface area contributed by atoms with Crippen molar-refractivity contribution in [2.75, 3.05) is 43.3 Å². The molecule has 7 nitrogen and oxygen atoms in total. The molecular weight excluding hydrogens is 344 g/mol. The number of nitrogens with zero attached hydrogens (tertiary/aromatic N) is 1. The molecule has 1 fully saturated rings. The largest absolute Gasteiger partial charge is 0.456 e. The van der Waals surface area contributed by atoms with E-state index in [0.29, 0.717) is 31.0 Å². The van der Waals surface area contributed by atoms with E-state index in [1.165, 1.54) is 6.07 Å². The summed E-state index contributed by atoms with van der Waals surface area (Å²) in [6.45, 7) is 8.53. The highest BCUT2D eigenvalue weighted by Crippen LogP contribution is 2.17. The molecule has 1 aromatic carbocycles. The van der Waals surface area contributed by atoms with Gasteiger partial charge in [-0.25, -0.2) is 13.2 Å². The molecule has 0 saturated carbocycles. The monoisotopic (exact) mass is 370 g/mol. The number of hydrogen-bond donors (Lipinski definition) is 1. The van der Waals surface area contributed by atoms with Crippen LogP contribution in [-0.2, 0) is 19.5 Å². The Labute approximate surface area is 149 Å². The van der Waals surface area contributed by atoms with Crippen LogP contribution in [0.5, 0.6) is 0 Å². The van der Waals surface area contributed by atoms with Gasteiger partial charge in [0, 0.05) is 25.3 Å². The van der Waals surface area contributed by atoms with Gasteiger partial charge in [-0.05, 0) is 39.0 Å². The van der Waals surface area contributed by atoms with Gasteiger partial charge in [-0.15, -0.1) is 0 Å². The average molecular weight is 370 g/mol. The zero-order chi connectivity index (χ0) is 18.5. The lowest BCUT2D eigenvalue weighted by molar-refractivity contribution is 0.00695. The smallest absolute Gasteiger partial charge is 0.338 e. The second kappa shape index (κ2) is 8.16. The molecule has 1 saturated heterocycles. The molecule has 0 unspecified atom stereocenters. The average Bonchev–Trinajstić information content (AvgIpc) is 2.52. The number of benzene rings is 1. The molecule has 1 aliphatic heterocycles. The molecule has 8 heteroatoms. The highest BCUT2D eigenvalue weighted by Gasteiger charge is 2.19. The lowest BCUT2D eigenvalue weighted by atomic mass is 10.1. The molecule has 2 rings (SSSR count). The maximum atomic E-state index is 12.3. The molecule has 0 radical (unpaired) electrons. The summed E-state index contributed by atoms with van der Waals surface area (Å²) in [5.41, 5.74) is 0.0544. The summed E-state index contributed by atoms with van der Waals surface area (Å²) >= 11 is 0. The van der Waals surface area contributed by atoms with E-state index < -0.39 is 21.6 Å². The SMILES string of the molecule is CC(C)(C)OC(=O)c1cccc(NS(=O)(=O)CCN2CCOCC2)c1. The first-order valence-electron chi connectivity index (χ1n) is 8.29. The van der Waals surface area contributed by atoms with Gasteiger partial charge in [-0.2, -0.15) is 0 Å². The van der Waals surface area contributed by atoms with Crippen LogP contribution in [0.3, 0.4) is 0 Å². The number of rotatable bonds is 6. The van der Waals surface area contributed by atoms with E-state index in [4.69, 9.17) is 9.47 Å². The Balaban J connectivity index is 1.96. The predicted octanol–water partition coefficient (Wildman–Crippen LogP) is 1.72. The number of sulfonamides is 1. The van der Waals surface area contributed by atoms with Crippen molar-refractivity contribution in [2.24, 2.45) is 0 Å². The van der Waals surface area contributed by atoms with Crippen LogP contribution in [0.4, 0.5) is 5.69 Å². The summed E-state index contributed by atoms with van der Waals surface area (Å²) in [5.74, 6) is -0.495. The van der Waals surface area contributed by atoms with E-state index in [-0.39, 0.29) is 5.75 Å². The van der Waals surface area contributed by atoms with E-state index in [0.717, 1.165) is 13.1 Å². The zero-order valence-corrected chi connectivity index (χ0v) is 15.8. The van der Waals surface area contributed by atoms with Crippen molar-refractivity contribution in [2.45, 2.75) is 26.4 Å².